The Morgan fingerprint density at radius 2 is 1.62 bits per heavy atom. The summed E-state index contributed by atoms with van der Waals surface area (Å²) in [5.74, 6) is -2.98. The van der Waals surface area contributed by atoms with E-state index in [9.17, 15) is 26.4 Å². The average molecular weight is 555 g/mol. The van der Waals surface area contributed by atoms with Gasteiger partial charge in [0.15, 0.2) is 0 Å². The van der Waals surface area contributed by atoms with Crippen LogP contribution in [0.5, 0.6) is 0 Å². The Morgan fingerprint density at radius 3 is 2.33 bits per heavy atom. The van der Waals surface area contributed by atoms with E-state index in [4.69, 9.17) is 0 Å². The predicted molar refractivity (Wildman–Crippen MR) is 139 cm³/mol. The van der Waals surface area contributed by atoms with Crippen LogP contribution in [0.1, 0.15) is 28.4 Å². The predicted octanol–water partition coefficient (Wildman–Crippen LogP) is 4.56. The molecule has 1 atom stereocenters. The number of nitrogens with zero attached hydrogens (tertiary/aromatic N) is 2. The highest BCUT2D eigenvalue weighted by Gasteiger charge is 2.24. The zero-order valence-electron chi connectivity index (χ0n) is 21.1. The molecule has 0 radical (unpaired) electrons. The number of amides is 1. The van der Waals surface area contributed by atoms with Gasteiger partial charge in [0, 0.05) is 29.6 Å². The molecule has 0 aliphatic carbocycles. The number of rotatable bonds is 9. The van der Waals surface area contributed by atoms with E-state index in [0.29, 0.717) is 22.4 Å². The minimum absolute atomic E-state index is 0.0341. The van der Waals surface area contributed by atoms with Crippen molar-refractivity contribution < 1.29 is 26.4 Å². The number of sulfonamides is 1. The lowest BCUT2D eigenvalue weighted by atomic mass is 9.94. The molecule has 2 N–H and O–H groups in total. The Bertz CT molecular complexity index is 1610. The lowest BCUT2D eigenvalue weighted by Crippen LogP contribution is -2.39. The second-order valence-corrected chi connectivity index (χ2v) is 10.6. The number of hydrogen-bond acceptors (Lipinski definition) is 5. The Morgan fingerprint density at radius 1 is 0.897 bits per heavy atom. The molecular formula is C28H25F3N4O3S. The van der Waals surface area contributed by atoms with Crippen molar-refractivity contribution in [2.24, 2.45) is 0 Å². The lowest BCUT2D eigenvalue weighted by molar-refractivity contribution is -0.120. The second kappa shape index (κ2) is 11.7. The van der Waals surface area contributed by atoms with Crippen LogP contribution in [0, 0.1) is 31.4 Å². The summed E-state index contributed by atoms with van der Waals surface area (Å²) in [7, 11) is -3.99. The number of aryl methyl sites for hydroxylation is 1. The minimum Gasteiger partial charge on any atom is -0.346 e. The smallest absolute Gasteiger partial charge is 0.241 e. The summed E-state index contributed by atoms with van der Waals surface area (Å²) in [5, 5.41) is 2.72. The quantitative estimate of drug-likeness (QED) is 0.296. The van der Waals surface area contributed by atoms with Gasteiger partial charge in [-0.1, -0.05) is 24.3 Å². The van der Waals surface area contributed by atoms with Crippen LogP contribution in [-0.4, -0.2) is 30.8 Å². The molecule has 202 valence electrons. The number of benzene rings is 2. The highest BCUT2D eigenvalue weighted by molar-refractivity contribution is 7.89. The summed E-state index contributed by atoms with van der Waals surface area (Å²) < 4.78 is 70.0. The van der Waals surface area contributed by atoms with Gasteiger partial charge < -0.3 is 5.32 Å². The topological polar surface area (TPSA) is 101 Å². The molecule has 0 unspecified atom stereocenters. The van der Waals surface area contributed by atoms with Crippen LogP contribution < -0.4 is 10.0 Å². The third kappa shape index (κ3) is 6.68. The van der Waals surface area contributed by atoms with E-state index in [2.05, 4.69) is 20.0 Å². The molecule has 0 saturated heterocycles. The molecule has 39 heavy (non-hydrogen) atoms. The highest BCUT2D eigenvalue weighted by atomic mass is 32.2. The average Bonchev–Trinajstić information content (AvgIpc) is 2.88. The largest absolute Gasteiger partial charge is 0.346 e. The maximum absolute atomic E-state index is 14.3. The summed E-state index contributed by atoms with van der Waals surface area (Å²) in [6.07, 6.45) is 2.68. The standard InChI is InChI=1S/C28H25F3N4O3S/c1-17-6-3-4-8-25(17)39(37,38)34-16-26(36)35-24(14-19-12-20(29)15-21(30)13-19)27-23(7-5-10-32-27)22-9-11-33-28(31)18(22)2/h3-13,15,24,34H,14,16H2,1-2H3,(H,35,36)/t24-/m0/s1. The normalized spacial score (nSPS) is 12.2. The molecule has 2 aromatic carbocycles. The second-order valence-electron chi connectivity index (χ2n) is 8.90. The van der Waals surface area contributed by atoms with Gasteiger partial charge in [0.2, 0.25) is 21.9 Å². The van der Waals surface area contributed by atoms with Crippen molar-refractivity contribution in [2.75, 3.05) is 6.54 Å². The first-order chi connectivity index (χ1) is 18.5. The molecule has 0 spiro atoms. The molecule has 11 heteroatoms. The number of halogens is 3. The third-order valence-corrected chi connectivity index (χ3v) is 7.67. The molecule has 7 nitrogen and oxygen atoms in total. The molecule has 1 amide bonds. The van der Waals surface area contributed by atoms with E-state index in [1.54, 1.807) is 50.2 Å². The monoisotopic (exact) mass is 554 g/mol. The SMILES string of the molecule is Cc1ccccc1S(=O)(=O)NCC(=O)N[C@@H](Cc1cc(F)cc(F)c1)c1ncccc1-c1ccnc(F)c1C. The van der Waals surface area contributed by atoms with Gasteiger partial charge in [-0.3, -0.25) is 9.78 Å². The van der Waals surface area contributed by atoms with Crippen molar-refractivity contribution in [2.45, 2.75) is 31.2 Å². The summed E-state index contributed by atoms with van der Waals surface area (Å²) in [4.78, 5) is 21.1. The van der Waals surface area contributed by atoms with Gasteiger partial charge in [-0.25, -0.2) is 26.9 Å². The van der Waals surface area contributed by atoms with Crippen molar-refractivity contribution in [3.63, 3.8) is 0 Å². The van der Waals surface area contributed by atoms with Gasteiger partial charge in [0.25, 0.3) is 0 Å². The Balaban J connectivity index is 1.66. The summed E-state index contributed by atoms with van der Waals surface area (Å²) in [6.45, 7) is 2.58. The van der Waals surface area contributed by atoms with E-state index in [1.807, 2.05) is 0 Å². The van der Waals surface area contributed by atoms with Gasteiger partial charge in [-0.2, -0.15) is 4.39 Å². The molecule has 2 heterocycles. The van der Waals surface area contributed by atoms with Crippen molar-refractivity contribution in [3.05, 3.63) is 113 Å². The zero-order valence-corrected chi connectivity index (χ0v) is 21.9. The first-order valence-electron chi connectivity index (χ1n) is 11.9. The molecule has 2 aromatic heterocycles. The van der Waals surface area contributed by atoms with E-state index in [-0.39, 0.29) is 22.4 Å². The first kappa shape index (κ1) is 27.9. The minimum atomic E-state index is -3.99. The molecule has 4 aromatic rings. The molecule has 0 aliphatic heterocycles. The van der Waals surface area contributed by atoms with Crippen LogP contribution in [0.2, 0.25) is 0 Å². The van der Waals surface area contributed by atoms with E-state index in [1.165, 1.54) is 18.5 Å². The van der Waals surface area contributed by atoms with Crippen molar-refractivity contribution >= 4 is 15.9 Å². The number of carbonyl (C=O) groups is 1. The number of aromatic nitrogens is 2. The van der Waals surface area contributed by atoms with Crippen molar-refractivity contribution in [1.29, 1.82) is 0 Å². The van der Waals surface area contributed by atoms with E-state index < -0.39 is 46.1 Å². The van der Waals surface area contributed by atoms with Crippen LogP contribution in [0.25, 0.3) is 11.1 Å². The lowest BCUT2D eigenvalue weighted by Gasteiger charge is -2.22. The maximum atomic E-state index is 14.3. The van der Waals surface area contributed by atoms with Crippen LogP contribution in [0.4, 0.5) is 13.2 Å². The van der Waals surface area contributed by atoms with Crippen LogP contribution in [0.3, 0.4) is 0 Å². The summed E-state index contributed by atoms with van der Waals surface area (Å²) >= 11 is 0. The van der Waals surface area contributed by atoms with Crippen LogP contribution in [-0.2, 0) is 21.2 Å². The fourth-order valence-corrected chi connectivity index (χ4v) is 5.47. The van der Waals surface area contributed by atoms with E-state index >= 15 is 0 Å². The molecule has 0 bridgehead atoms. The molecule has 0 aliphatic rings. The van der Waals surface area contributed by atoms with Crippen LogP contribution in [0.15, 0.2) is 78.0 Å². The van der Waals surface area contributed by atoms with Crippen molar-refractivity contribution in [3.8, 4) is 11.1 Å². The molecule has 4 rings (SSSR count). The summed E-state index contributed by atoms with van der Waals surface area (Å²) in [5.41, 5.74) is 2.22. The van der Waals surface area contributed by atoms with Gasteiger partial charge in [0.05, 0.1) is 23.2 Å². The Hall–Kier alpha value is -4.09. The van der Waals surface area contributed by atoms with Gasteiger partial charge >= 0.3 is 0 Å². The Labute approximate surface area is 224 Å². The first-order valence-corrected chi connectivity index (χ1v) is 13.4. The third-order valence-electron chi connectivity index (χ3n) is 6.10. The van der Waals surface area contributed by atoms with Crippen LogP contribution >= 0.6 is 0 Å². The van der Waals surface area contributed by atoms with E-state index in [0.717, 1.165) is 18.2 Å². The maximum Gasteiger partial charge on any atom is 0.241 e. The highest BCUT2D eigenvalue weighted by Crippen LogP contribution is 2.31. The summed E-state index contributed by atoms with van der Waals surface area (Å²) in [6, 6.07) is 13.3. The molecular weight excluding hydrogens is 529 g/mol. The number of hydrogen-bond donors (Lipinski definition) is 2. The van der Waals surface area contributed by atoms with Gasteiger partial charge in [-0.15, -0.1) is 0 Å². The zero-order chi connectivity index (χ0) is 28.2. The fraction of sp³-hybridized carbons (Fsp3) is 0.179. The Kier molecular flexibility index (Phi) is 8.41. The number of pyridine rings is 2. The number of nitrogens with one attached hydrogen (secondary N) is 2. The fourth-order valence-electron chi connectivity index (χ4n) is 4.25. The molecule has 0 fully saturated rings. The molecule has 0 saturated carbocycles. The van der Waals surface area contributed by atoms with Gasteiger partial charge in [0.1, 0.15) is 11.6 Å². The van der Waals surface area contributed by atoms with Gasteiger partial charge in [-0.05, 0) is 67.3 Å². The van der Waals surface area contributed by atoms with Crippen molar-refractivity contribution in [1.82, 2.24) is 20.0 Å². The number of carbonyl (C=O) groups excluding carboxylic acids is 1.